The van der Waals surface area contributed by atoms with E-state index in [2.05, 4.69) is 21.0 Å². The molecule has 0 atom stereocenters. The van der Waals surface area contributed by atoms with Crippen LogP contribution in [0.3, 0.4) is 0 Å². The van der Waals surface area contributed by atoms with Crippen molar-refractivity contribution in [2.24, 2.45) is 7.05 Å². The number of carbonyl (C=O) groups is 2. The van der Waals surface area contributed by atoms with E-state index in [1.54, 1.807) is 28.5 Å². The second-order valence-corrected chi connectivity index (χ2v) is 5.64. The van der Waals surface area contributed by atoms with Crippen molar-refractivity contribution < 1.29 is 14.3 Å². The zero-order valence-corrected chi connectivity index (χ0v) is 14.0. The molecule has 0 N–H and O–H groups in total. The van der Waals surface area contributed by atoms with Gasteiger partial charge in [-0.25, -0.2) is 4.79 Å². The molecule has 116 valence electrons. The van der Waals surface area contributed by atoms with E-state index in [-0.39, 0.29) is 12.0 Å². The van der Waals surface area contributed by atoms with Crippen LogP contribution in [0.4, 0.5) is 4.79 Å². The lowest BCUT2D eigenvalue weighted by Crippen LogP contribution is -2.50. The molecule has 2 rings (SSSR count). The number of ether oxygens (including phenoxy) is 1. The fourth-order valence-electron chi connectivity index (χ4n) is 2.18. The van der Waals surface area contributed by atoms with E-state index in [1.165, 1.54) is 0 Å². The first-order chi connectivity index (χ1) is 9.95. The molecule has 0 aromatic carbocycles. The number of carbonyl (C=O) groups excluding carboxylic acids is 2. The highest BCUT2D eigenvalue weighted by molar-refractivity contribution is 9.10. The predicted octanol–water partition coefficient (Wildman–Crippen LogP) is 1.41. The Morgan fingerprint density at radius 2 is 1.81 bits per heavy atom. The fourth-order valence-corrected chi connectivity index (χ4v) is 2.68. The van der Waals surface area contributed by atoms with Gasteiger partial charge in [0, 0.05) is 33.2 Å². The summed E-state index contributed by atoms with van der Waals surface area (Å²) in [7, 11) is 1.80. The van der Waals surface area contributed by atoms with Crippen LogP contribution in [0.2, 0.25) is 0 Å². The second-order valence-electron chi connectivity index (χ2n) is 4.85. The number of rotatable bonds is 2. The summed E-state index contributed by atoms with van der Waals surface area (Å²) in [4.78, 5) is 27.4. The molecule has 0 bridgehead atoms. The molecule has 1 fully saturated rings. The van der Waals surface area contributed by atoms with Gasteiger partial charge < -0.3 is 14.5 Å². The number of halogens is 1. The van der Waals surface area contributed by atoms with E-state index in [9.17, 15) is 9.59 Å². The number of nitrogens with zero attached hydrogens (tertiary/aromatic N) is 4. The molecule has 1 aromatic rings. The van der Waals surface area contributed by atoms with E-state index in [4.69, 9.17) is 4.74 Å². The van der Waals surface area contributed by atoms with Gasteiger partial charge in [0.2, 0.25) is 0 Å². The summed E-state index contributed by atoms with van der Waals surface area (Å²) in [6.45, 7) is 5.96. The molecule has 7 nitrogen and oxygen atoms in total. The largest absolute Gasteiger partial charge is 0.450 e. The first-order valence-corrected chi connectivity index (χ1v) is 7.65. The fraction of sp³-hybridized carbons (Fsp3) is 0.615. The summed E-state index contributed by atoms with van der Waals surface area (Å²) < 4.78 is 7.36. The molecule has 1 aliphatic rings. The Hall–Kier alpha value is -1.57. The lowest BCUT2D eigenvalue weighted by molar-refractivity contribution is 0.0564. The first-order valence-electron chi connectivity index (χ1n) is 6.85. The minimum Gasteiger partial charge on any atom is -0.450 e. The maximum absolute atomic E-state index is 12.5. The summed E-state index contributed by atoms with van der Waals surface area (Å²) in [6.07, 6.45) is -0.320. The topological polar surface area (TPSA) is 67.7 Å². The molecule has 0 unspecified atom stereocenters. The smallest absolute Gasteiger partial charge is 0.409 e. The Morgan fingerprint density at radius 1 is 1.24 bits per heavy atom. The van der Waals surface area contributed by atoms with Crippen molar-refractivity contribution in [1.82, 2.24) is 19.6 Å². The molecule has 21 heavy (non-hydrogen) atoms. The summed E-state index contributed by atoms with van der Waals surface area (Å²) >= 11 is 3.41. The lowest BCUT2D eigenvalue weighted by atomic mass is 10.2. The van der Waals surface area contributed by atoms with Crippen molar-refractivity contribution in [3.05, 3.63) is 15.9 Å². The van der Waals surface area contributed by atoms with Crippen LogP contribution in [0.25, 0.3) is 0 Å². The molecule has 0 aliphatic carbocycles. The summed E-state index contributed by atoms with van der Waals surface area (Å²) in [6, 6.07) is 0. The molecule has 2 amide bonds. The van der Waals surface area contributed by atoms with Crippen LogP contribution in [-0.2, 0) is 11.8 Å². The molecule has 0 radical (unpaired) electrons. The highest BCUT2D eigenvalue weighted by Crippen LogP contribution is 2.22. The van der Waals surface area contributed by atoms with Gasteiger partial charge >= 0.3 is 6.09 Å². The van der Waals surface area contributed by atoms with Crippen molar-refractivity contribution in [3.63, 3.8) is 0 Å². The molecule has 0 spiro atoms. The molecule has 0 saturated carbocycles. The molecule has 1 aromatic heterocycles. The number of piperazine rings is 1. The van der Waals surface area contributed by atoms with E-state index < -0.39 is 0 Å². The molecule has 1 saturated heterocycles. The third-order valence-corrected chi connectivity index (χ3v) is 4.51. The Labute approximate surface area is 132 Å². The Kier molecular flexibility index (Phi) is 4.87. The zero-order chi connectivity index (χ0) is 15.6. The van der Waals surface area contributed by atoms with Crippen LogP contribution in [0, 0.1) is 6.92 Å². The first kappa shape index (κ1) is 15.8. The van der Waals surface area contributed by atoms with Crippen LogP contribution < -0.4 is 0 Å². The monoisotopic (exact) mass is 358 g/mol. The van der Waals surface area contributed by atoms with Crippen LogP contribution in [0.1, 0.15) is 23.1 Å². The van der Waals surface area contributed by atoms with E-state index in [1.807, 2.05) is 6.92 Å². The maximum Gasteiger partial charge on any atom is 0.409 e. The highest BCUT2D eigenvalue weighted by Gasteiger charge is 2.28. The van der Waals surface area contributed by atoms with E-state index in [0.717, 1.165) is 10.2 Å². The normalized spacial score (nSPS) is 15.2. The third kappa shape index (κ3) is 3.20. The lowest BCUT2D eigenvalue weighted by Gasteiger charge is -2.33. The third-order valence-electron chi connectivity index (χ3n) is 3.56. The predicted molar refractivity (Wildman–Crippen MR) is 80.1 cm³/mol. The molecular formula is C13H19BrN4O3. The summed E-state index contributed by atoms with van der Waals surface area (Å²) in [5, 5.41) is 4.24. The van der Waals surface area contributed by atoms with Crippen molar-refractivity contribution in [2.45, 2.75) is 13.8 Å². The van der Waals surface area contributed by atoms with Gasteiger partial charge in [0.05, 0.1) is 16.8 Å². The number of amides is 2. The van der Waals surface area contributed by atoms with Crippen molar-refractivity contribution >= 4 is 27.9 Å². The van der Waals surface area contributed by atoms with E-state index >= 15 is 0 Å². The number of hydrogen-bond donors (Lipinski definition) is 0. The number of aryl methyl sites for hydroxylation is 1. The minimum atomic E-state index is -0.320. The zero-order valence-electron chi connectivity index (χ0n) is 12.4. The molecule has 2 heterocycles. The highest BCUT2D eigenvalue weighted by atomic mass is 79.9. The van der Waals surface area contributed by atoms with Gasteiger partial charge in [0.1, 0.15) is 0 Å². The van der Waals surface area contributed by atoms with Gasteiger partial charge in [0.25, 0.3) is 5.91 Å². The van der Waals surface area contributed by atoms with Crippen LogP contribution in [-0.4, -0.2) is 64.4 Å². The quantitative estimate of drug-likeness (QED) is 0.801. The van der Waals surface area contributed by atoms with Crippen molar-refractivity contribution in [3.8, 4) is 0 Å². The molecule has 8 heteroatoms. The maximum atomic E-state index is 12.5. The Bertz CT molecular complexity index is 550. The van der Waals surface area contributed by atoms with Gasteiger partial charge in [-0.15, -0.1) is 0 Å². The minimum absolute atomic E-state index is 0.117. The molecule has 1 aliphatic heterocycles. The summed E-state index contributed by atoms with van der Waals surface area (Å²) in [5.74, 6) is -0.117. The summed E-state index contributed by atoms with van der Waals surface area (Å²) in [5.41, 5.74) is 1.32. The van der Waals surface area contributed by atoms with Crippen molar-refractivity contribution in [2.75, 3.05) is 32.8 Å². The van der Waals surface area contributed by atoms with Gasteiger partial charge in [-0.05, 0) is 29.8 Å². The average molecular weight is 359 g/mol. The molecular weight excluding hydrogens is 340 g/mol. The SMILES string of the molecule is CCOC(=O)N1CCN(C(=O)c2nn(C)c(C)c2Br)CC1. The standard InChI is InChI=1S/C13H19BrN4O3/c1-4-21-13(20)18-7-5-17(6-8-18)12(19)11-10(14)9(2)16(3)15-11/h4-8H2,1-3H3. The number of aromatic nitrogens is 2. The van der Waals surface area contributed by atoms with Crippen LogP contribution in [0.15, 0.2) is 4.47 Å². The van der Waals surface area contributed by atoms with Gasteiger partial charge in [-0.3, -0.25) is 9.48 Å². The van der Waals surface area contributed by atoms with Crippen LogP contribution in [0.5, 0.6) is 0 Å². The van der Waals surface area contributed by atoms with Gasteiger partial charge in [-0.2, -0.15) is 5.10 Å². The second kappa shape index (κ2) is 6.46. The van der Waals surface area contributed by atoms with E-state index in [0.29, 0.717) is 38.5 Å². The van der Waals surface area contributed by atoms with Gasteiger partial charge in [0.15, 0.2) is 5.69 Å². The Morgan fingerprint density at radius 3 is 2.29 bits per heavy atom. The Balaban J connectivity index is 2.00. The van der Waals surface area contributed by atoms with Gasteiger partial charge in [-0.1, -0.05) is 0 Å². The van der Waals surface area contributed by atoms with Crippen molar-refractivity contribution in [1.29, 1.82) is 0 Å². The van der Waals surface area contributed by atoms with Crippen LogP contribution >= 0.6 is 15.9 Å². The average Bonchev–Trinajstić information content (AvgIpc) is 2.74. The number of hydrogen-bond acceptors (Lipinski definition) is 4.